The van der Waals surface area contributed by atoms with E-state index in [-0.39, 0.29) is 5.78 Å². The molecule has 0 aromatic heterocycles. The monoisotopic (exact) mass is 322 g/mol. The van der Waals surface area contributed by atoms with E-state index in [1.54, 1.807) is 7.11 Å². The molecule has 0 unspecified atom stereocenters. The molecule has 3 heteroatoms. The lowest BCUT2D eigenvalue weighted by atomic mass is 9.99. The van der Waals surface area contributed by atoms with Crippen molar-refractivity contribution in [2.24, 2.45) is 0 Å². The van der Waals surface area contributed by atoms with Gasteiger partial charge in [0.05, 0.1) is 7.11 Å². The first-order valence-corrected chi connectivity index (χ1v) is 7.54. The van der Waals surface area contributed by atoms with Crippen molar-refractivity contribution in [3.8, 4) is 5.75 Å². The van der Waals surface area contributed by atoms with Gasteiger partial charge in [-0.15, -0.1) is 0 Å². The number of hydrogen-bond donors (Lipinski definition) is 0. The summed E-state index contributed by atoms with van der Waals surface area (Å²) >= 11 is 3.44. The van der Waals surface area contributed by atoms with Gasteiger partial charge in [-0.1, -0.05) is 28.4 Å². The second-order valence-corrected chi connectivity index (χ2v) is 5.80. The Labute approximate surface area is 123 Å². The molecule has 0 radical (unpaired) electrons. The van der Waals surface area contributed by atoms with Crippen LogP contribution in [0.3, 0.4) is 0 Å². The lowest BCUT2D eigenvalue weighted by Crippen LogP contribution is -2.07. The molecule has 19 heavy (non-hydrogen) atoms. The molecule has 0 atom stereocenters. The highest BCUT2D eigenvalue weighted by molar-refractivity contribution is 9.10. The minimum Gasteiger partial charge on any atom is -0.496 e. The zero-order chi connectivity index (χ0) is 13.7. The van der Waals surface area contributed by atoms with Crippen LogP contribution in [0.2, 0.25) is 0 Å². The summed E-state index contributed by atoms with van der Waals surface area (Å²) in [5.74, 6) is 1.02. The zero-order valence-electron chi connectivity index (χ0n) is 11.2. The molecule has 0 saturated carbocycles. The number of methoxy groups -OCH3 is 1. The SMILES string of the molecule is COc1ccc(Br)cc1CC(=O)C1=CCCCCC1. The van der Waals surface area contributed by atoms with Crippen molar-refractivity contribution in [2.45, 2.75) is 38.5 Å². The average Bonchev–Trinajstić information content (AvgIpc) is 2.68. The Bertz CT molecular complexity index is 492. The summed E-state index contributed by atoms with van der Waals surface area (Å²) < 4.78 is 6.30. The Balaban J connectivity index is 2.13. The summed E-state index contributed by atoms with van der Waals surface area (Å²) in [7, 11) is 1.64. The number of halogens is 1. The lowest BCUT2D eigenvalue weighted by Gasteiger charge is -2.10. The smallest absolute Gasteiger partial charge is 0.163 e. The van der Waals surface area contributed by atoms with Crippen LogP contribution in [0.4, 0.5) is 0 Å². The van der Waals surface area contributed by atoms with E-state index >= 15 is 0 Å². The molecule has 0 spiro atoms. The number of carbonyl (C=O) groups is 1. The molecule has 1 aliphatic carbocycles. The Kier molecular flexibility index (Phi) is 5.20. The number of benzene rings is 1. The Morgan fingerprint density at radius 3 is 2.95 bits per heavy atom. The van der Waals surface area contributed by atoms with Crippen molar-refractivity contribution in [3.05, 3.63) is 39.9 Å². The van der Waals surface area contributed by atoms with Crippen LogP contribution in [0.15, 0.2) is 34.3 Å². The normalized spacial score (nSPS) is 15.6. The third kappa shape index (κ3) is 3.93. The molecule has 0 N–H and O–H groups in total. The maximum atomic E-state index is 12.4. The van der Waals surface area contributed by atoms with Gasteiger partial charge in [0.25, 0.3) is 0 Å². The van der Waals surface area contributed by atoms with Crippen LogP contribution in [0.5, 0.6) is 5.75 Å². The first-order valence-electron chi connectivity index (χ1n) is 6.75. The number of hydrogen-bond acceptors (Lipinski definition) is 2. The summed E-state index contributed by atoms with van der Waals surface area (Å²) in [5, 5.41) is 0. The maximum absolute atomic E-state index is 12.4. The first-order chi connectivity index (χ1) is 9.20. The second-order valence-electron chi connectivity index (χ2n) is 4.88. The molecule has 1 aromatic rings. The number of carbonyl (C=O) groups excluding carboxylic acids is 1. The van der Waals surface area contributed by atoms with Crippen molar-refractivity contribution in [1.29, 1.82) is 0 Å². The molecule has 0 bridgehead atoms. The zero-order valence-corrected chi connectivity index (χ0v) is 12.8. The fourth-order valence-electron chi connectivity index (χ4n) is 2.44. The van der Waals surface area contributed by atoms with Crippen LogP contribution in [0.1, 0.15) is 37.7 Å². The Morgan fingerprint density at radius 1 is 1.32 bits per heavy atom. The van der Waals surface area contributed by atoms with E-state index in [1.165, 1.54) is 12.8 Å². The molecule has 1 aromatic carbocycles. The summed E-state index contributed by atoms with van der Waals surface area (Å²) in [6.45, 7) is 0. The van der Waals surface area contributed by atoms with E-state index in [9.17, 15) is 4.79 Å². The Hall–Kier alpha value is -1.09. The summed E-state index contributed by atoms with van der Waals surface area (Å²) in [6.07, 6.45) is 8.08. The van der Waals surface area contributed by atoms with Gasteiger partial charge >= 0.3 is 0 Å². The van der Waals surface area contributed by atoms with Gasteiger partial charge in [-0.05, 0) is 49.5 Å². The number of ketones is 1. The fraction of sp³-hybridized carbons (Fsp3) is 0.438. The van der Waals surface area contributed by atoms with Gasteiger partial charge in [-0.25, -0.2) is 0 Å². The highest BCUT2D eigenvalue weighted by atomic mass is 79.9. The lowest BCUT2D eigenvalue weighted by molar-refractivity contribution is -0.115. The van der Waals surface area contributed by atoms with Gasteiger partial charge in [0.15, 0.2) is 5.78 Å². The first kappa shape index (κ1) is 14.3. The van der Waals surface area contributed by atoms with Crippen LogP contribution in [0.25, 0.3) is 0 Å². The van der Waals surface area contributed by atoms with E-state index < -0.39 is 0 Å². The van der Waals surface area contributed by atoms with Crippen molar-refractivity contribution < 1.29 is 9.53 Å². The number of allylic oxidation sites excluding steroid dienone is 2. The fourth-order valence-corrected chi connectivity index (χ4v) is 2.85. The van der Waals surface area contributed by atoms with Crippen LogP contribution in [0, 0.1) is 0 Å². The number of rotatable bonds is 4. The van der Waals surface area contributed by atoms with Crippen LogP contribution < -0.4 is 4.74 Å². The van der Waals surface area contributed by atoms with Gasteiger partial charge in [0.2, 0.25) is 0 Å². The van der Waals surface area contributed by atoms with Gasteiger partial charge in [-0.2, -0.15) is 0 Å². The molecular formula is C16H19BrO2. The quantitative estimate of drug-likeness (QED) is 0.818. The summed E-state index contributed by atoms with van der Waals surface area (Å²) in [6, 6.07) is 5.79. The van der Waals surface area contributed by atoms with Crippen molar-refractivity contribution in [2.75, 3.05) is 7.11 Å². The second kappa shape index (κ2) is 6.90. The molecule has 0 aliphatic heterocycles. The molecule has 0 amide bonds. The largest absolute Gasteiger partial charge is 0.496 e. The summed E-state index contributed by atoms with van der Waals surface area (Å²) in [4.78, 5) is 12.4. The third-order valence-electron chi connectivity index (χ3n) is 3.49. The van der Waals surface area contributed by atoms with Gasteiger partial charge in [0.1, 0.15) is 5.75 Å². The van der Waals surface area contributed by atoms with Gasteiger partial charge in [-0.3, -0.25) is 4.79 Å². The van der Waals surface area contributed by atoms with Crippen molar-refractivity contribution >= 4 is 21.7 Å². The van der Waals surface area contributed by atoms with E-state index in [2.05, 4.69) is 22.0 Å². The van der Waals surface area contributed by atoms with Gasteiger partial charge < -0.3 is 4.74 Å². The highest BCUT2D eigenvalue weighted by Gasteiger charge is 2.14. The molecule has 0 fully saturated rings. The minimum absolute atomic E-state index is 0.235. The molecule has 0 heterocycles. The van der Waals surface area contributed by atoms with Crippen LogP contribution in [-0.4, -0.2) is 12.9 Å². The topological polar surface area (TPSA) is 26.3 Å². The van der Waals surface area contributed by atoms with Crippen molar-refractivity contribution in [1.82, 2.24) is 0 Å². The molecule has 1 aliphatic rings. The Morgan fingerprint density at radius 2 is 2.16 bits per heavy atom. The molecule has 102 valence electrons. The predicted molar refractivity (Wildman–Crippen MR) is 80.6 cm³/mol. The van der Waals surface area contributed by atoms with E-state index in [0.717, 1.165) is 40.6 Å². The molecular weight excluding hydrogens is 304 g/mol. The van der Waals surface area contributed by atoms with Crippen LogP contribution in [-0.2, 0) is 11.2 Å². The predicted octanol–water partition coefficient (Wildman–Crippen LogP) is 4.46. The molecule has 2 nitrogen and oxygen atoms in total. The third-order valence-corrected chi connectivity index (χ3v) is 3.99. The molecule has 0 saturated heterocycles. The van der Waals surface area contributed by atoms with Gasteiger partial charge in [0, 0.05) is 16.5 Å². The minimum atomic E-state index is 0.235. The average molecular weight is 323 g/mol. The highest BCUT2D eigenvalue weighted by Crippen LogP contribution is 2.26. The standard InChI is InChI=1S/C16H19BrO2/c1-19-16-9-8-14(17)10-13(16)11-15(18)12-6-4-2-3-5-7-12/h6,8-10H,2-5,7,11H2,1H3. The van der Waals surface area contributed by atoms with Crippen LogP contribution >= 0.6 is 15.9 Å². The van der Waals surface area contributed by atoms with E-state index in [0.29, 0.717) is 6.42 Å². The maximum Gasteiger partial charge on any atom is 0.163 e. The van der Waals surface area contributed by atoms with E-state index in [4.69, 9.17) is 4.74 Å². The molecule has 2 rings (SSSR count). The van der Waals surface area contributed by atoms with Crippen molar-refractivity contribution in [3.63, 3.8) is 0 Å². The summed E-state index contributed by atoms with van der Waals surface area (Å²) in [5.41, 5.74) is 1.95. The number of ether oxygens (including phenoxy) is 1. The van der Waals surface area contributed by atoms with E-state index in [1.807, 2.05) is 18.2 Å². The number of Topliss-reactive ketones (excluding diaryl/α,β-unsaturated/α-hetero) is 1.